The van der Waals surface area contributed by atoms with Gasteiger partial charge in [-0.15, -0.1) is 0 Å². The number of rotatable bonds is 5. The second-order valence-corrected chi connectivity index (χ2v) is 8.12. The lowest BCUT2D eigenvalue weighted by atomic mass is 9.84. The lowest BCUT2D eigenvalue weighted by molar-refractivity contribution is 0.0635. The van der Waals surface area contributed by atoms with Crippen molar-refractivity contribution in [3.63, 3.8) is 0 Å². The van der Waals surface area contributed by atoms with E-state index >= 15 is 0 Å². The molecule has 6 nitrogen and oxygen atoms in total. The lowest BCUT2D eigenvalue weighted by Crippen LogP contribution is -2.38. The van der Waals surface area contributed by atoms with Gasteiger partial charge in [0.25, 0.3) is 0 Å². The van der Waals surface area contributed by atoms with E-state index in [0.29, 0.717) is 17.2 Å². The highest BCUT2D eigenvalue weighted by Gasteiger charge is 2.65. The van der Waals surface area contributed by atoms with Gasteiger partial charge in [0.05, 0.1) is 19.9 Å². The monoisotopic (exact) mass is 348 g/mol. The normalized spacial score (nSPS) is 19.8. The summed E-state index contributed by atoms with van der Waals surface area (Å²) in [4.78, 5) is 12.3. The van der Waals surface area contributed by atoms with Gasteiger partial charge in [-0.3, -0.25) is 5.32 Å². The van der Waals surface area contributed by atoms with Crippen molar-refractivity contribution in [1.82, 2.24) is 0 Å². The van der Waals surface area contributed by atoms with Gasteiger partial charge in [-0.1, -0.05) is 0 Å². The van der Waals surface area contributed by atoms with Gasteiger partial charge in [-0.05, 0) is 58.1 Å². The van der Waals surface area contributed by atoms with Crippen molar-refractivity contribution in [2.45, 2.75) is 63.0 Å². The van der Waals surface area contributed by atoms with E-state index in [9.17, 15) is 4.79 Å². The Labute approximate surface area is 149 Å². The van der Waals surface area contributed by atoms with Crippen molar-refractivity contribution in [1.29, 1.82) is 0 Å². The molecule has 1 aromatic rings. The van der Waals surface area contributed by atoms with Gasteiger partial charge < -0.3 is 19.9 Å². The molecule has 0 heterocycles. The van der Waals surface area contributed by atoms with Crippen LogP contribution in [0.1, 0.15) is 52.0 Å². The van der Waals surface area contributed by atoms with E-state index in [0.717, 1.165) is 31.2 Å². The minimum Gasteiger partial charge on any atom is -0.493 e. The second kappa shape index (κ2) is 5.80. The molecule has 3 rings (SSSR count). The Morgan fingerprint density at radius 3 is 2.08 bits per heavy atom. The van der Waals surface area contributed by atoms with Crippen LogP contribution in [0.5, 0.6) is 11.5 Å². The molecular formula is C19H28N2O4. The molecule has 2 aliphatic rings. The minimum absolute atomic E-state index is 0.100. The third-order valence-corrected chi connectivity index (χ3v) is 5.17. The van der Waals surface area contributed by atoms with Crippen LogP contribution < -0.4 is 20.5 Å². The zero-order valence-corrected chi connectivity index (χ0v) is 15.7. The van der Waals surface area contributed by atoms with Gasteiger partial charge in [-0.25, -0.2) is 4.79 Å². The maximum absolute atomic E-state index is 12.3. The molecule has 3 N–H and O–H groups in total. The van der Waals surface area contributed by atoms with Gasteiger partial charge in [0.2, 0.25) is 0 Å². The van der Waals surface area contributed by atoms with E-state index in [1.165, 1.54) is 0 Å². The van der Waals surface area contributed by atoms with Crippen molar-refractivity contribution in [3.05, 3.63) is 17.7 Å². The summed E-state index contributed by atoms with van der Waals surface area (Å²) in [6.07, 6.45) is 3.56. The fraction of sp³-hybridized carbons (Fsp3) is 0.632. The van der Waals surface area contributed by atoms with Crippen molar-refractivity contribution < 1.29 is 19.0 Å². The second-order valence-electron chi connectivity index (χ2n) is 8.12. The zero-order chi connectivity index (χ0) is 18.5. The van der Waals surface area contributed by atoms with Crippen LogP contribution in [0.2, 0.25) is 0 Å². The highest BCUT2D eigenvalue weighted by molar-refractivity contribution is 5.87. The van der Waals surface area contributed by atoms with Crippen molar-refractivity contribution >= 4 is 11.8 Å². The molecular weight excluding hydrogens is 320 g/mol. The number of hydrogen-bond acceptors (Lipinski definition) is 5. The largest absolute Gasteiger partial charge is 0.493 e. The third-order valence-electron chi connectivity index (χ3n) is 5.17. The SMILES string of the molecule is COc1cc(NC(=O)OC(C)(C)C)c(C2(C3(N)CC3)CC2)cc1OC. The standard InChI is InChI=1S/C19H28N2O4/c1-17(2,3)25-16(22)21-13-11-15(24-5)14(23-4)10-12(13)18(6-7-18)19(20)8-9-19/h10-11H,6-9,20H2,1-5H3,(H,21,22). The summed E-state index contributed by atoms with van der Waals surface area (Å²) in [7, 11) is 3.19. The Bertz CT molecular complexity index is 685. The van der Waals surface area contributed by atoms with E-state index in [-0.39, 0.29) is 11.0 Å². The number of methoxy groups -OCH3 is 2. The Hall–Kier alpha value is -1.95. The molecule has 138 valence electrons. The number of nitrogens with two attached hydrogens (primary N) is 1. The molecule has 0 spiro atoms. The van der Waals surface area contributed by atoms with Gasteiger partial charge in [0.15, 0.2) is 11.5 Å². The molecule has 0 unspecified atom stereocenters. The Kier molecular flexibility index (Phi) is 4.14. The van der Waals surface area contributed by atoms with Crippen LogP contribution in [0.15, 0.2) is 12.1 Å². The molecule has 6 heteroatoms. The highest BCUT2D eigenvalue weighted by atomic mass is 16.6. The van der Waals surface area contributed by atoms with Crippen molar-refractivity contribution in [3.8, 4) is 11.5 Å². The fourth-order valence-electron chi connectivity index (χ4n) is 3.57. The number of ether oxygens (including phenoxy) is 3. The maximum Gasteiger partial charge on any atom is 0.412 e. The van der Waals surface area contributed by atoms with E-state index in [1.807, 2.05) is 26.8 Å². The van der Waals surface area contributed by atoms with Crippen LogP contribution >= 0.6 is 0 Å². The van der Waals surface area contributed by atoms with Gasteiger partial charge in [0, 0.05) is 17.0 Å². The molecule has 0 atom stereocenters. The van der Waals surface area contributed by atoms with Crippen LogP contribution in [0.25, 0.3) is 0 Å². The number of carbonyl (C=O) groups excluding carboxylic acids is 1. The topological polar surface area (TPSA) is 82.8 Å². The number of nitrogens with one attached hydrogen (secondary N) is 1. The van der Waals surface area contributed by atoms with E-state index < -0.39 is 11.7 Å². The van der Waals surface area contributed by atoms with Crippen LogP contribution in [0.3, 0.4) is 0 Å². The van der Waals surface area contributed by atoms with E-state index in [1.54, 1.807) is 20.3 Å². The van der Waals surface area contributed by atoms with Gasteiger partial charge >= 0.3 is 6.09 Å². The predicted octanol–water partition coefficient (Wildman–Crippen LogP) is 3.57. The predicted molar refractivity (Wildman–Crippen MR) is 96.5 cm³/mol. The van der Waals surface area contributed by atoms with Gasteiger partial charge in [0.1, 0.15) is 5.60 Å². The molecule has 2 saturated carbocycles. The molecule has 0 saturated heterocycles. The Morgan fingerprint density at radius 1 is 1.08 bits per heavy atom. The van der Waals surface area contributed by atoms with E-state index in [2.05, 4.69) is 5.32 Å². The number of carbonyl (C=O) groups is 1. The molecule has 0 aliphatic heterocycles. The van der Waals surface area contributed by atoms with Crippen LogP contribution in [-0.4, -0.2) is 31.5 Å². The maximum atomic E-state index is 12.3. The van der Waals surface area contributed by atoms with Crippen LogP contribution in [0, 0.1) is 0 Å². The van der Waals surface area contributed by atoms with E-state index in [4.69, 9.17) is 19.9 Å². The lowest BCUT2D eigenvalue weighted by Gasteiger charge is -2.28. The quantitative estimate of drug-likeness (QED) is 0.850. The summed E-state index contributed by atoms with van der Waals surface area (Å²) >= 11 is 0. The smallest absolute Gasteiger partial charge is 0.412 e. The summed E-state index contributed by atoms with van der Waals surface area (Å²) in [6.45, 7) is 5.51. The Morgan fingerprint density at radius 2 is 1.64 bits per heavy atom. The molecule has 1 amide bonds. The summed E-state index contributed by atoms with van der Waals surface area (Å²) in [5, 5.41) is 2.89. The molecule has 2 fully saturated rings. The molecule has 2 aliphatic carbocycles. The first-order chi connectivity index (χ1) is 11.6. The molecule has 0 aromatic heterocycles. The molecule has 0 radical (unpaired) electrons. The minimum atomic E-state index is -0.566. The summed E-state index contributed by atoms with van der Waals surface area (Å²) < 4.78 is 16.3. The summed E-state index contributed by atoms with van der Waals surface area (Å²) in [5.41, 5.74) is 7.41. The number of hydrogen-bond donors (Lipinski definition) is 2. The number of benzene rings is 1. The summed E-state index contributed by atoms with van der Waals surface area (Å²) in [5.74, 6) is 1.21. The summed E-state index contributed by atoms with van der Waals surface area (Å²) in [6, 6.07) is 3.75. The first-order valence-electron chi connectivity index (χ1n) is 8.69. The molecule has 0 bridgehead atoms. The molecule has 25 heavy (non-hydrogen) atoms. The Balaban J connectivity index is 1.99. The average Bonchev–Trinajstić information content (AvgIpc) is 3.41. The van der Waals surface area contributed by atoms with Crippen molar-refractivity contribution in [2.75, 3.05) is 19.5 Å². The van der Waals surface area contributed by atoms with Crippen molar-refractivity contribution in [2.24, 2.45) is 5.73 Å². The first-order valence-corrected chi connectivity index (χ1v) is 8.69. The van der Waals surface area contributed by atoms with Crippen LogP contribution in [-0.2, 0) is 10.2 Å². The number of amides is 1. The fourth-order valence-corrected chi connectivity index (χ4v) is 3.57. The average molecular weight is 348 g/mol. The van der Waals surface area contributed by atoms with Gasteiger partial charge in [-0.2, -0.15) is 0 Å². The third kappa shape index (κ3) is 3.27. The highest BCUT2D eigenvalue weighted by Crippen LogP contribution is 2.65. The number of anilines is 1. The first kappa shape index (κ1) is 17.9. The zero-order valence-electron chi connectivity index (χ0n) is 15.7. The molecule has 1 aromatic carbocycles. The van der Waals surface area contributed by atoms with Crippen LogP contribution in [0.4, 0.5) is 10.5 Å².